The van der Waals surface area contributed by atoms with Crippen molar-refractivity contribution in [2.45, 2.75) is 25.3 Å². The van der Waals surface area contributed by atoms with Crippen LogP contribution in [0, 0.1) is 5.92 Å². The molecule has 2 N–H and O–H groups in total. The van der Waals surface area contributed by atoms with Gasteiger partial charge in [-0.1, -0.05) is 28.4 Å². The third-order valence-corrected chi connectivity index (χ3v) is 4.00. The van der Waals surface area contributed by atoms with Gasteiger partial charge in [0.15, 0.2) is 0 Å². The molecule has 1 aliphatic carbocycles. The number of rotatable bonds is 1. The molecular weight excluding hydrogens is 268 g/mol. The van der Waals surface area contributed by atoms with Crippen LogP contribution < -0.4 is 10.6 Å². The number of urea groups is 1. The summed E-state index contributed by atoms with van der Waals surface area (Å²) in [6.45, 7) is 0. The Hall–Kier alpha value is -1.03. The van der Waals surface area contributed by atoms with E-state index in [-0.39, 0.29) is 12.1 Å². The largest absolute Gasteiger partial charge is 0.331 e. The lowest BCUT2D eigenvalue weighted by Gasteiger charge is -2.38. The number of amides is 2. The molecule has 0 bridgehead atoms. The van der Waals surface area contributed by atoms with E-state index in [2.05, 4.69) is 32.6 Å². The van der Waals surface area contributed by atoms with E-state index in [1.165, 1.54) is 24.8 Å². The molecule has 1 aromatic carbocycles. The fourth-order valence-electron chi connectivity index (χ4n) is 2.43. The van der Waals surface area contributed by atoms with Crippen LogP contribution in [0.25, 0.3) is 0 Å². The van der Waals surface area contributed by atoms with E-state index in [0.29, 0.717) is 5.92 Å². The van der Waals surface area contributed by atoms with Crippen LogP contribution in [-0.4, -0.2) is 6.03 Å². The average Bonchev–Trinajstić information content (AvgIpc) is 2.13. The zero-order chi connectivity index (χ0) is 11.1. The molecule has 3 rings (SSSR count). The summed E-state index contributed by atoms with van der Waals surface area (Å²) in [5.74, 6) is 0.617. The lowest BCUT2D eigenvalue weighted by molar-refractivity contribution is 0.213. The van der Waals surface area contributed by atoms with Crippen molar-refractivity contribution in [3.8, 4) is 0 Å². The summed E-state index contributed by atoms with van der Waals surface area (Å²) in [7, 11) is 0. The van der Waals surface area contributed by atoms with Crippen LogP contribution in [0.2, 0.25) is 0 Å². The first-order valence-electron chi connectivity index (χ1n) is 5.61. The van der Waals surface area contributed by atoms with Crippen molar-refractivity contribution in [1.29, 1.82) is 0 Å². The normalized spacial score (nSPS) is 24.1. The van der Waals surface area contributed by atoms with Crippen molar-refractivity contribution in [3.05, 3.63) is 28.2 Å². The third-order valence-electron chi connectivity index (χ3n) is 3.51. The van der Waals surface area contributed by atoms with Gasteiger partial charge in [0.1, 0.15) is 0 Å². The van der Waals surface area contributed by atoms with E-state index in [0.717, 1.165) is 10.2 Å². The number of hydrogen-bond acceptors (Lipinski definition) is 1. The topological polar surface area (TPSA) is 41.1 Å². The molecule has 1 unspecified atom stereocenters. The number of fused-ring (bicyclic) bond motifs is 1. The maximum atomic E-state index is 11.6. The van der Waals surface area contributed by atoms with Crippen molar-refractivity contribution in [1.82, 2.24) is 5.32 Å². The molecule has 4 heteroatoms. The molecule has 0 spiro atoms. The second-order valence-corrected chi connectivity index (χ2v) is 5.41. The Morgan fingerprint density at radius 3 is 2.81 bits per heavy atom. The molecular formula is C12H13BrN2O. The molecule has 16 heavy (non-hydrogen) atoms. The SMILES string of the molecule is O=C1Nc2cc(Br)ccc2C(C2CCC2)N1. The van der Waals surface area contributed by atoms with E-state index in [4.69, 9.17) is 0 Å². The molecule has 1 aliphatic heterocycles. The molecule has 1 atom stereocenters. The fourth-order valence-corrected chi connectivity index (χ4v) is 2.79. The number of nitrogens with one attached hydrogen (secondary N) is 2. The Labute approximate surface area is 103 Å². The smallest absolute Gasteiger partial charge is 0.319 e. The van der Waals surface area contributed by atoms with Crippen molar-refractivity contribution in [2.75, 3.05) is 5.32 Å². The predicted octanol–water partition coefficient (Wildman–Crippen LogP) is 3.43. The molecule has 1 aromatic rings. The average molecular weight is 281 g/mol. The van der Waals surface area contributed by atoms with Crippen LogP contribution in [0.3, 0.4) is 0 Å². The summed E-state index contributed by atoms with van der Waals surface area (Å²) in [5, 5.41) is 5.88. The zero-order valence-corrected chi connectivity index (χ0v) is 10.4. The third kappa shape index (κ3) is 1.61. The first-order chi connectivity index (χ1) is 7.74. The van der Waals surface area contributed by atoms with Crippen molar-refractivity contribution in [2.24, 2.45) is 5.92 Å². The van der Waals surface area contributed by atoms with Gasteiger partial charge in [-0.15, -0.1) is 0 Å². The summed E-state index contributed by atoms with van der Waals surface area (Å²) >= 11 is 3.43. The number of carbonyl (C=O) groups is 1. The van der Waals surface area contributed by atoms with Gasteiger partial charge in [0.25, 0.3) is 0 Å². The quantitative estimate of drug-likeness (QED) is 0.813. The van der Waals surface area contributed by atoms with Crippen molar-refractivity contribution < 1.29 is 4.79 Å². The highest BCUT2D eigenvalue weighted by atomic mass is 79.9. The highest BCUT2D eigenvalue weighted by molar-refractivity contribution is 9.10. The molecule has 1 heterocycles. The Balaban J connectivity index is 2.00. The van der Waals surface area contributed by atoms with Crippen LogP contribution in [0.5, 0.6) is 0 Å². The van der Waals surface area contributed by atoms with Crippen LogP contribution >= 0.6 is 15.9 Å². The van der Waals surface area contributed by atoms with Gasteiger partial charge in [-0.25, -0.2) is 4.79 Å². The highest BCUT2D eigenvalue weighted by Gasteiger charge is 2.33. The minimum absolute atomic E-state index is 0.0810. The summed E-state index contributed by atoms with van der Waals surface area (Å²) in [4.78, 5) is 11.6. The number of halogens is 1. The number of benzene rings is 1. The monoisotopic (exact) mass is 280 g/mol. The van der Waals surface area contributed by atoms with E-state index in [1.807, 2.05) is 12.1 Å². The molecule has 0 saturated heterocycles. The van der Waals surface area contributed by atoms with E-state index in [1.54, 1.807) is 0 Å². The Morgan fingerprint density at radius 1 is 1.31 bits per heavy atom. The first kappa shape index (κ1) is 10.1. The van der Waals surface area contributed by atoms with Crippen molar-refractivity contribution in [3.63, 3.8) is 0 Å². The van der Waals surface area contributed by atoms with Crippen LogP contribution in [-0.2, 0) is 0 Å². The first-order valence-corrected chi connectivity index (χ1v) is 6.40. The molecule has 84 valence electrons. The second-order valence-electron chi connectivity index (χ2n) is 4.50. The van der Waals surface area contributed by atoms with Crippen molar-refractivity contribution >= 4 is 27.6 Å². The minimum atomic E-state index is -0.0810. The standard InChI is InChI=1S/C12H13BrN2O/c13-8-4-5-9-10(6-8)14-12(16)15-11(9)7-2-1-3-7/h4-7,11H,1-3H2,(H2,14,15,16). The molecule has 2 aliphatic rings. The summed E-state index contributed by atoms with van der Waals surface area (Å²) in [5.41, 5.74) is 2.16. The highest BCUT2D eigenvalue weighted by Crippen LogP contribution is 2.42. The summed E-state index contributed by atoms with van der Waals surface area (Å²) in [6.07, 6.45) is 3.73. The van der Waals surface area contributed by atoms with E-state index in [9.17, 15) is 4.79 Å². The Bertz CT molecular complexity index is 443. The Kier molecular flexibility index (Phi) is 2.39. The van der Waals surface area contributed by atoms with E-state index < -0.39 is 0 Å². The van der Waals surface area contributed by atoms with Gasteiger partial charge in [0.05, 0.1) is 6.04 Å². The second kappa shape index (κ2) is 3.77. The van der Waals surface area contributed by atoms with E-state index >= 15 is 0 Å². The molecule has 3 nitrogen and oxygen atoms in total. The van der Waals surface area contributed by atoms with Gasteiger partial charge < -0.3 is 10.6 Å². The molecule has 1 fully saturated rings. The zero-order valence-electron chi connectivity index (χ0n) is 8.79. The summed E-state index contributed by atoms with van der Waals surface area (Å²) < 4.78 is 1.00. The maximum absolute atomic E-state index is 11.6. The molecule has 1 saturated carbocycles. The van der Waals surface area contributed by atoms with Gasteiger partial charge >= 0.3 is 6.03 Å². The van der Waals surface area contributed by atoms with Gasteiger partial charge in [-0.3, -0.25) is 0 Å². The van der Waals surface area contributed by atoms with Gasteiger partial charge in [0.2, 0.25) is 0 Å². The summed E-state index contributed by atoms with van der Waals surface area (Å²) in [6, 6.07) is 6.21. The number of carbonyl (C=O) groups excluding carboxylic acids is 1. The molecule has 0 radical (unpaired) electrons. The van der Waals surface area contributed by atoms with Gasteiger partial charge in [0, 0.05) is 10.2 Å². The Morgan fingerprint density at radius 2 is 2.12 bits per heavy atom. The van der Waals surface area contributed by atoms with Gasteiger partial charge in [-0.05, 0) is 36.5 Å². The minimum Gasteiger partial charge on any atom is -0.331 e. The fraction of sp³-hybridized carbons (Fsp3) is 0.417. The van der Waals surface area contributed by atoms with Gasteiger partial charge in [-0.2, -0.15) is 0 Å². The predicted molar refractivity (Wildman–Crippen MR) is 66.4 cm³/mol. The number of hydrogen-bond donors (Lipinski definition) is 2. The lowest BCUT2D eigenvalue weighted by atomic mass is 9.76. The molecule has 0 aromatic heterocycles. The van der Waals surface area contributed by atoms with Crippen LogP contribution in [0.4, 0.5) is 10.5 Å². The maximum Gasteiger partial charge on any atom is 0.319 e. The lowest BCUT2D eigenvalue weighted by Crippen LogP contribution is -2.42. The number of anilines is 1. The van der Waals surface area contributed by atoms with Crippen LogP contribution in [0.1, 0.15) is 30.9 Å². The van der Waals surface area contributed by atoms with Crippen LogP contribution in [0.15, 0.2) is 22.7 Å². The molecule has 2 amide bonds.